The average molecular weight is 269 g/mol. The highest BCUT2D eigenvalue weighted by molar-refractivity contribution is 9.08. The number of alkyl halides is 1. The molecule has 0 saturated carbocycles. The molecular weight excluding hydrogens is 256 g/mol. The van der Waals surface area contributed by atoms with Crippen LogP contribution in [0.4, 0.5) is 0 Å². The van der Waals surface area contributed by atoms with Gasteiger partial charge in [0.05, 0.1) is 0 Å². The molecule has 0 atom stereocenters. The van der Waals surface area contributed by atoms with Gasteiger partial charge in [0.25, 0.3) is 0 Å². The fourth-order valence-electron chi connectivity index (χ4n) is 1.70. The molecule has 0 bridgehead atoms. The molecule has 0 amide bonds. The maximum Gasteiger partial charge on any atom is 0.0351 e. The number of thiophene rings is 1. The van der Waals surface area contributed by atoms with Gasteiger partial charge in [-0.15, -0.1) is 11.3 Å². The van der Waals surface area contributed by atoms with E-state index in [2.05, 4.69) is 48.0 Å². The van der Waals surface area contributed by atoms with Crippen LogP contribution in [-0.2, 0) is 11.8 Å². The molecule has 14 heavy (non-hydrogen) atoms. The van der Waals surface area contributed by atoms with Gasteiger partial charge in [-0.1, -0.05) is 35.0 Å². The molecule has 0 radical (unpaired) electrons. The first-order chi connectivity index (χ1) is 6.76. The van der Waals surface area contributed by atoms with Gasteiger partial charge in [0.2, 0.25) is 0 Å². The Kier molecular flexibility index (Phi) is 2.93. The summed E-state index contributed by atoms with van der Waals surface area (Å²) >= 11 is 5.45. The summed E-state index contributed by atoms with van der Waals surface area (Å²) in [5, 5.41) is 2.38. The zero-order valence-corrected chi connectivity index (χ0v) is 10.8. The van der Waals surface area contributed by atoms with Gasteiger partial charge < -0.3 is 0 Å². The van der Waals surface area contributed by atoms with Gasteiger partial charge in [-0.2, -0.15) is 0 Å². The van der Waals surface area contributed by atoms with Crippen molar-refractivity contribution >= 4 is 37.4 Å². The van der Waals surface area contributed by atoms with Crippen molar-refractivity contribution in [2.75, 3.05) is 0 Å². The van der Waals surface area contributed by atoms with Crippen molar-refractivity contribution in [3.05, 3.63) is 34.2 Å². The Morgan fingerprint density at radius 3 is 2.79 bits per heavy atom. The number of fused-ring (bicyclic) bond motifs is 1. The Labute approximate surface area is 97.1 Å². The number of halogens is 1. The SMILES string of the molecule is CCc1ccc2c(CBr)c(C)sc2c1. The lowest BCUT2D eigenvalue weighted by Gasteiger charge is -1.97. The highest BCUT2D eigenvalue weighted by atomic mass is 79.9. The van der Waals surface area contributed by atoms with E-state index < -0.39 is 0 Å². The molecule has 2 aromatic rings. The van der Waals surface area contributed by atoms with Crippen molar-refractivity contribution < 1.29 is 0 Å². The summed E-state index contributed by atoms with van der Waals surface area (Å²) in [5.41, 5.74) is 2.88. The van der Waals surface area contributed by atoms with Crippen molar-refractivity contribution in [3.63, 3.8) is 0 Å². The van der Waals surface area contributed by atoms with E-state index in [-0.39, 0.29) is 0 Å². The van der Waals surface area contributed by atoms with Crippen molar-refractivity contribution in [1.82, 2.24) is 0 Å². The van der Waals surface area contributed by atoms with E-state index in [0.717, 1.165) is 11.8 Å². The van der Waals surface area contributed by atoms with Crippen molar-refractivity contribution in [2.45, 2.75) is 25.6 Å². The molecule has 0 spiro atoms. The highest BCUT2D eigenvalue weighted by Gasteiger charge is 2.07. The van der Waals surface area contributed by atoms with E-state index in [9.17, 15) is 0 Å². The zero-order valence-electron chi connectivity index (χ0n) is 8.43. The Bertz CT molecular complexity index is 457. The minimum atomic E-state index is 0.963. The summed E-state index contributed by atoms with van der Waals surface area (Å²) in [6, 6.07) is 6.81. The van der Waals surface area contributed by atoms with Crippen LogP contribution in [0, 0.1) is 6.92 Å². The van der Waals surface area contributed by atoms with Crippen LogP contribution >= 0.6 is 27.3 Å². The third-order valence-corrected chi connectivity index (χ3v) is 4.27. The van der Waals surface area contributed by atoms with Gasteiger partial charge in [0.15, 0.2) is 0 Å². The van der Waals surface area contributed by atoms with Crippen molar-refractivity contribution in [2.24, 2.45) is 0 Å². The van der Waals surface area contributed by atoms with Gasteiger partial charge in [0.1, 0.15) is 0 Å². The largest absolute Gasteiger partial charge is 0.140 e. The second-order valence-corrected chi connectivity index (χ2v) is 5.27. The first kappa shape index (κ1) is 10.2. The number of hydrogen-bond acceptors (Lipinski definition) is 1. The molecule has 1 aromatic heterocycles. The molecule has 0 unspecified atom stereocenters. The lowest BCUT2D eigenvalue weighted by Crippen LogP contribution is -1.79. The second-order valence-electron chi connectivity index (χ2n) is 3.45. The van der Waals surface area contributed by atoms with Crippen LogP contribution in [0.25, 0.3) is 10.1 Å². The van der Waals surface area contributed by atoms with Crippen molar-refractivity contribution in [1.29, 1.82) is 0 Å². The maximum absolute atomic E-state index is 3.55. The smallest absolute Gasteiger partial charge is 0.0351 e. The minimum Gasteiger partial charge on any atom is -0.140 e. The zero-order chi connectivity index (χ0) is 10.1. The highest BCUT2D eigenvalue weighted by Crippen LogP contribution is 2.32. The van der Waals surface area contributed by atoms with Gasteiger partial charge in [-0.25, -0.2) is 0 Å². The van der Waals surface area contributed by atoms with E-state index in [0.29, 0.717) is 0 Å². The standard InChI is InChI=1S/C12H13BrS/c1-3-9-4-5-10-11(7-13)8(2)14-12(10)6-9/h4-6H,3,7H2,1-2H3. The van der Waals surface area contributed by atoms with E-state index >= 15 is 0 Å². The van der Waals surface area contributed by atoms with Crippen LogP contribution in [0.2, 0.25) is 0 Å². The van der Waals surface area contributed by atoms with Crippen LogP contribution in [0.3, 0.4) is 0 Å². The van der Waals surface area contributed by atoms with Crippen LogP contribution in [0.1, 0.15) is 22.9 Å². The Hall–Kier alpha value is -0.340. The predicted molar refractivity (Wildman–Crippen MR) is 68.6 cm³/mol. The molecule has 1 heterocycles. The molecule has 0 nitrogen and oxygen atoms in total. The predicted octanol–water partition coefficient (Wildman–Crippen LogP) is 4.67. The minimum absolute atomic E-state index is 0.963. The molecule has 2 heteroatoms. The molecule has 0 N–H and O–H groups in total. The van der Waals surface area contributed by atoms with Gasteiger partial charge in [0, 0.05) is 14.9 Å². The van der Waals surface area contributed by atoms with Gasteiger partial charge in [-0.3, -0.25) is 0 Å². The lowest BCUT2D eigenvalue weighted by atomic mass is 10.1. The number of hydrogen-bond donors (Lipinski definition) is 0. The van der Waals surface area contributed by atoms with Crippen LogP contribution in [0.15, 0.2) is 18.2 Å². The number of aryl methyl sites for hydroxylation is 2. The lowest BCUT2D eigenvalue weighted by molar-refractivity contribution is 1.15. The molecule has 0 aliphatic heterocycles. The maximum atomic E-state index is 3.55. The Balaban J connectivity index is 2.68. The summed E-state index contributed by atoms with van der Waals surface area (Å²) in [6.07, 6.45) is 1.12. The summed E-state index contributed by atoms with van der Waals surface area (Å²) in [7, 11) is 0. The van der Waals surface area contributed by atoms with Crippen LogP contribution < -0.4 is 0 Å². The van der Waals surface area contributed by atoms with Crippen LogP contribution in [0.5, 0.6) is 0 Å². The van der Waals surface area contributed by atoms with E-state index in [1.54, 1.807) is 0 Å². The van der Waals surface area contributed by atoms with Gasteiger partial charge in [-0.05, 0) is 35.9 Å². The summed E-state index contributed by atoms with van der Waals surface area (Å²) < 4.78 is 1.43. The summed E-state index contributed by atoms with van der Waals surface area (Å²) in [4.78, 5) is 1.44. The molecule has 0 saturated heterocycles. The third-order valence-electron chi connectivity index (χ3n) is 2.60. The average Bonchev–Trinajstić information content (AvgIpc) is 2.51. The second kappa shape index (κ2) is 4.03. The van der Waals surface area contributed by atoms with E-state index in [1.807, 2.05) is 11.3 Å². The molecule has 0 aliphatic carbocycles. The van der Waals surface area contributed by atoms with Crippen LogP contribution in [-0.4, -0.2) is 0 Å². The first-order valence-corrected chi connectivity index (χ1v) is 6.77. The fourth-order valence-corrected chi connectivity index (χ4v) is 3.76. The molecular formula is C12H13BrS. The molecule has 2 rings (SSSR count). The quantitative estimate of drug-likeness (QED) is 0.695. The van der Waals surface area contributed by atoms with Crippen molar-refractivity contribution in [3.8, 4) is 0 Å². The Morgan fingerprint density at radius 2 is 2.14 bits per heavy atom. The number of benzene rings is 1. The number of rotatable bonds is 2. The Morgan fingerprint density at radius 1 is 1.36 bits per heavy atom. The normalized spacial score (nSPS) is 11.1. The monoisotopic (exact) mass is 268 g/mol. The molecule has 1 aromatic carbocycles. The van der Waals surface area contributed by atoms with E-state index in [1.165, 1.54) is 26.1 Å². The molecule has 74 valence electrons. The van der Waals surface area contributed by atoms with E-state index in [4.69, 9.17) is 0 Å². The molecule has 0 aliphatic rings. The topological polar surface area (TPSA) is 0 Å². The first-order valence-electron chi connectivity index (χ1n) is 4.83. The summed E-state index contributed by atoms with van der Waals surface area (Å²) in [6.45, 7) is 4.40. The van der Waals surface area contributed by atoms with Gasteiger partial charge >= 0.3 is 0 Å². The fraction of sp³-hybridized carbons (Fsp3) is 0.333. The summed E-state index contributed by atoms with van der Waals surface area (Å²) in [5.74, 6) is 0. The third kappa shape index (κ3) is 1.61. The molecule has 0 fully saturated rings.